The van der Waals surface area contributed by atoms with E-state index >= 15 is 0 Å². The molecule has 0 amide bonds. The molecule has 0 radical (unpaired) electrons. The third-order valence-corrected chi connectivity index (χ3v) is 6.56. The van der Waals surface area contributed by atoms with E-state index in [1.165, 1.54) is 11.8 Å². The minimum atomic E-state index is -3.16. The largest absolute Gasteiger partial charge is 0.356 e. The van der Waals surface area contributed by atoms with Crippen molar-refractivity contribution in [2.75, 3.05) is 39.5 Å². The summed E-state index contributed by atoms with van der Waals surface area (Å²) in [6.07, 6.45) is 3.00. The van der Waals surface area contributed by atoms with E-state index in [9.17, 15) is 8.42 Å². The molecule has 0 bridgehead atoms. The first kappa shape index (κ1) is 24.9. The molecule has 2 N–H and O–H groups in total. The number of benzene rings is 2. The maximum atomic E-state index is 11.6. The molecule has 0 aliphatic carbocycles. The SMILES string of the molecule is CCN(CC)C(CNC(=NC)NCCc1ccc(S(C)(=O)=O)cc1)Cc1ccccc1. The molecule has 170 valence electrons. The van der Waals surface area contributed by atoms with Crippen LogP contribution in [0.2, 0.25) is 0 Å². The second-order valence-corrected chi connectivity index (χ2v) is 9.63. The summed E-state index contributed by atoms with van der Waals surface area (Å²) in [5.41, 5.74) is 2.42. The quantitative estimate of drug-likeness (QED) is 0.412. The highest BCUT2D eigenvalue weighted by atomic mass is 32.2. The molecule has 0 aromatic heterocycles. The molecule has 0 aliphatic rings. The van der Waals surface area contributed by atoms with Crippen molar-refractivity contribution in [3.05, 3.63) is 65.7 Å². The average molecular weight is 445 g/mol. The average Bonchev–Trinajstić information content (AvgIpc) is 2.77. The Labute approximate surface area is 187 Å². The van der Waals surface area contributed by atoms with Gasteiger partial charge < -0.3 is 10.6 Å². The van der Waals surface area contributed by atoms with Crippen molar-refractivity contribution >= 4 is 15.8 Å². The van der Waals surface area contributed by atoms with Gasteiger partial charge in [-0.15, -0.1) is 0 Å². The molecule has 0 saturated heterocycles. The molecule has 1 unspecified atom stereocenters. The van der Waals surface area contributed by atoms with Crippen LogP contribution in [0.5, 0.6) is 0 Å². The van der Waals surface area contributed by atoms with E-state index in [1.807, 2.05) is 12.1 Å². The summed E-state index contributed by atoms with van der Waals surface area (Å²) < 4.78 is 23.2. The third-order valence-electron chi connectivity index (χ3n) is 5.43. The molecule has 2 aromatic carbocycles. The van der Waals surface area contributed by atoms with E-state index in [2.05, 4.69) is 64.7 Å². The predicted octanol–water partition coefficient (Wildman–Crippen LogP) is 2.75. The summed E-state index contributed by atoms with van der Waals surface area (Å²) >= 11 is 0. The van der Waals surface area contributed by atoms with Gasteiger partial charge in [0, 0.05) is 32.4 Å². The Morgan fingerprint density at radius 3 is 2.16 bits per heavy atom. The number of hydrogen-bond acceptors (Lipinski definition) is 4. The van der Waals surface area contributed by atoms with Gasteiger partial charge in [-0.25, -0.2) is 8.42 Å². The minimum absolute atomic E-state index is 0.350. The maximum Gasteiger partial charge on any atom is 0.191 e. The highest BCUT2D eigenvalue weighted by molar-refractivity contribution is 7.90. The second kappa shape index (κ2) is 12.5. The molecule has 6 nitrogen and oxygen atoms in total. The Morgan fingerprint density at radius 2 is 1.61 bits per heavy atom. The molecule has 0 spiro atoms. The topological polar surface area (TPSA) is 73.8 Å². The zero-order valence-electron chi connectivity index (χ0n) is 19.1. The highest BCUT2D eigenvalue weighted by Gasteiger charge is 2.17. The van der Waals surface area contributed by atoms with Gasteiger partial charge in [0.15, 0.2) is 15.8 Å². The van der Waals surface area contributed by atoms with E-state index in [4.69, 9.17) is 0 Å². The van der Waals surface area contributed by atoms with Crippen molar-refractivity contribution < 1.29 is 8.42 Å². The fraction of sp³-hybridized carbons (Fsp3) is 0.458. The lowest BCUT2D eigenvalue weighted by Gasteiger charge is -2.30. The first-order valence-corrected chi connectivity index (χ1v) is 12.8. The van der Waals surface area contributed by atoms with E-state index < -0.39 is 9.84 Å². The minimum Gasteiger partial charge on any atom is -0.356 e. The van der Waals surface area contributed by atoms with Crippen LogP contribution in [0.3, 0.4) is 0 Å². The van der Waals surface area contributed by atoms with Gasteiger partial charge >= 0.3 is 0 Å². The molecule has 1 atom stereocenters. The lowest BCUT2D eigenvalue weighted by atomic mass is 10.0. The number of sulfone groups is 1. The first-order valence-electron chi connectivity index (χ1n) is 10.9. The lowest BCUT2D eigenvalue weighted by Crippen LogP contribution is -2.48. The summed E-state index contributed by atoms with van der Waals surface area (Å²) in [6.45, 7) is 7.93. The van der Waals surface area contributed by atoms with E-state index in [-0.39, 0.29) is 0 Å². The number of nitrogens with zero attached hydrogens (tertiary/aromatic N) is 2. The summed E-state index contributed by atoms with van der Waals surface area (Å²) in [4.78, 5) is 7.17. The molecular weight excluding hydrogens is 408 g/mol. The van der Waals surface area contributed by atoms with Crippen molar-refractivity contribution in [1.29, 1.82) is 0 Å². The molecule has 7 heteroatoms. The van der Waals surface area contributed by atoms with Crippen LogP contribution in [0.4, 0.5) is 0 Å². The van der Waals surface area contributed by atoms with Crippen molar-refractivity contribution in [3.63, 3.8) is 0 Å². The Bertz CT molecular complexity index is 908. The predicted molar refractivity (Wildman–Crippen MR) is 129 cm³/mol. The van der Waals surface area contributed by atoms with Gasteiger partial charge in [0.25, 0.3) is 0 Å². The van der Waals surface area contributed by atoms with Crippen molar-refractivity contribution in [1.82, 2.24) is 15.5 Å². The Kier molecular flexibility index (Phi) is 10.0. The van der Waals surface area contributed by atoms with Crippen LogP contribution in [0.15, 0.2) is 64.5 Å². The zero-order chi connectivity index (χ0) is 22.7. The van der Waals surface area contributed by atoms with Gasteiger partial charge in [-0.1, -0.05) is 56.3 Å². The molecule has 0 aliphatic heterocycles. The standard InChI is InChI=1S/C24H36N4O2S/c1-5-28(6-2)22(18-21-10-8-7-9-11-21)19-27-24(25-3)26-17-16-20-12-14-23(15-13-20)31(4,29)30/h7-15,22H,5-6,16-19H2,1-4H3,(H2,25,26,27). The van der Waals surface area contributed by atoms with Crippen molar-refractivity contribution in [2.45, 2.75) is 37.6 Å². The third kappa shape index (κ3) is 8.34. The number of aliphatic imine (C=N–C) groups is 1. The van der Waals surface area contributed by atoms with Crippen LogP contribution >= 0.6 is 0 Å². The van der Waals surface area contributed by atoms with Gasteiger partial charge in [-0.05, 0) is 49.2 Å². The van der Waals surface area contributed by atoms with Crippen LogP contribution < -0.4 is 10.6 Å². The van der Waals surface area contributed by atoms with Gasteiger partial charge in [-0.2, -0.15) is 0 Å². The molecule has 31 heavy (non-hydrogen) atoms. The van der Waals surface area contributed by atoms with Crippen molar-refractivity contribution in [2.24, 2.45) is 4.99 Å². The van der Waals surface area contributed by atoms with Crippen molar-refractivity contribution in [3.8, 4) is 0 Å². The number of likely N-dealkylation sites (N-methyl/N-ethyl adjacent to an activating group) is 1. The van der Waals surface area contributed by atoms with Gasteiger partial charge in [0.2, 0.25) is 0 Å². The Morgan fingerprint density at radius 1 is 0.968 bits per heavy atom. The first-order chi connectivity index (χ1) is 14.9. The number of hydrogen-bond donors (Lipinski definition) is 2. The second-order valence-electron chi connectivity index (χ2n) is 7.61. The van der Waals surface area contributed by atoms with Gasteiger partial charge in [0.05, 0.1) is 4.90 Å². The summed E-state index contributed by atoms with van der Waals surface area (Å²) in [6, 6.07) is 18.0. The Balaban J connectivity index is 1.88. The van der Waals surface area contributed by atoms with Gasteiger partial charge in [-0.3, -0.25) is 9.89 Å². The maximum absolute atomic E-state index is 11.6. The van der Waals surface area contributed by atoms with Gasteiger partial charge in [0.1, 0.15) is 0 Å². The lowest BCUT2D eigenvalue weighted by molar-refractivity contribution is 0.215. The summed E-state index contributed by atoms with van der Waals surface area (Å²) in [5, 5.41) is 6.83. The molecule has 0 saturated carbocycles. The van der Waals surface area contributed by atoms with Crippen LogP contribution in [0, 0.1) is 0 Å². The summed E-state index contributed by atoms with van der Waals surface area (Å²) in [5.74, 6) is 0.776. The molecule has 2 aromatic rings. The Hall–Kier alpha value is -2.38. The molecule has 0 heterocycles. The van der Waals surface area contributed by atoms with Crippen LogP contribution in [-0.2, 0) is 22.7 Å². The normalized spacial score (nSPS) is 13.3. The molecular formula is C24H36N4O2S. The zero-order valence-corrected chi connectivity index (χ0v) is 20.0. The number of guanidine groups is 1. The van der Waals surface area contributed by atoms with Crippen LogP contribution in [-0.4, -0.2) is 64.8 Å². The van der Waals surface area contributed by atoms with E-state index in [0.717, 1.165) is 44.0 Å². The smallest absolute Gasteiger partial charge is 0.191 e. The fourth-order valence-corrected chi connectivity index (χ4v) is 4.25. The molecule has 0 fully saturated rings. The fourth-order valence-electron chi connectivity index (χ4n) is 3.62. The monoisotopic (exact) mass is 444 g/mol. The van der Waals surface area contributed by atoms with Crippen LogP contribution in [0.1, 0.15) is 25.0 Å². The van der Waals surface area contributed by atoms with E-state index in [1.54, 1.807) is 19.2 Å². The van der Waals surface area contributed by atoms with E-state index in [0.29, 0.717) is 17.5 Å². The molecule has 2 rings (SSSR count). The number of rotatable bonds is 11. The number of nitrogens with one attached hydrogen (secondary N) is 2. The highest BCUT2D eigenvalue weighted by Crippen LogP contribution is 2.11. The summed E-state index contributed by atoms with van der Waals surface area (Å²) in [7, 11) is -1.38. The van der Waals surface area contributed by atoms with Crippen LogP contribution in [0.25, 0.3) is 0 Å².